The first kappa shape index (κ1) is 14.0. The van der Waals surface area contributed by atoms with E-state index in [0.29, 0.717) is 5.92 Å². The van der Waals surface area contributed by atoms with Gasteiger partial charge in [-0.3, -0.25) is 0 Å². The zero-order valence-corrected chi connectivity index (χ0v) is 14.8. The summed E-state index contributed by atoms with van der Waals surface area (Å²) in [4.78, 5) is 17.3. The van der Waals surface area contributed by atoms with Gasteiger partial charge in [0.1, 0.15) is 0 Å². The summed E-state index contributed by atoms with van der Waals surface area (Å²) in [7, 11) is 0. The van der Waals surface area contributed by atoms with Gasteiger partial charge in [-0.05, 0) is 0 Å². The Kier molecular flexibility index (Phi) is 3.30. The Balaban J connectivity index is 1.97. The predicted molar refractivity (Wildman–Crippen MR) is 79.7 cm³/mol. The van der Waals surface area contributed by atoms with Gasteiger partial charge in [0.25, 0.3) is 0 Å². The van der Waals surface area contributed by atoms with Crippen LogP contribution in [0.4, 0.5) is 0 Å². The Morgan fingerprint density at radius 2 is 2.29 bits per heavy atom. The quantitative estimate of drug-likeness (QED) is 0.299. The molecule has 1 aliphatic heterocycles. The molecule has 1 saturated heterocycles. The molecule has 21 heavy (non-hydrogen) atoms. The minimum absolute atomic E-state index is 0.0518. The van der Waals surface area contributed by atoms with Crippen molar-refractivity contribution in [2.24, 2.45) is 11.8 Å². The van der Waals surface area contributed by atoms with Crippen LogP contribution in [0.25, 0.3) is 0 Å². The van der Waals surface area contributed by atoms with E-state index in [0.717, 1.165) is 18.8 Å². The average Bonchev–Trinajstić information content (AvgIpc) is 2.45. The normalized spacial score (nSPS) is 35.0. The first-order valence-corrected chi connectivity index (χ1v) is 10.9. The number of aromatic nitrogens is 1. The minimum atomic E-state index is 0.0518. The van der Waals surface area contributed by atoms with Crippen molar-refractivity contribution in [2.75, 3.05) is 11.5 Å². The van der Waals surface area contributed by atoms with Crippen molar-refractivity contribution in [3.63, 3.8) is 0 Å². The molecule has 1 N–H and O–H groups in total. The Labute approximate surface area is 136 Å². The molecule has 2 bridgehead atoms. The first-order valence-electron chi connectivity index (χ1n) is 7.82. The van der Waals surface area contributed by atoms with Crippen molar-refractivity contribution in [1.29, 1.82) is 0 Å². The molecule has 1 aromatic rings. The molecule has 1 fully saturated rings. The van der Waals surface area contributed by atoms with Gasteiger partial charge in [0.05, 0.1) is 0 Å². The Morgan fingerprint density at radius 3 is 3.10 bits per heavy atom. The number of hydrogen-bond donors (Lipinski definition) is 1. The number of H-pyrrole nitrogens is 1. The van der Waals surface area contributed by atoms with Crippen molar-refractivity contribution in [3.05, 3.63) is 45.4 Å². The number of rotatable bonds is 1. The number of nitrogens with zero attached hydrogens (tertiary/aromatic N) is 1. The van der Waals surface area contributed by atoms with E-state index in [1.807, 2.05) is 0 Å². The van der Waals surface area contributed by atoms with E-state index in [9.17, 15) is 4.79 Å². The van der Waals surface area contributed by atoms with Crippen LogP contribution in [-0.4, -0.2) is 19.6 Å². The van der Waals surface area contributed by atoms with E-state index in [2.05, 4.69) is 32.1 Å². The van der Waals surface area contributed by atoms with Crippen LogP contribution >= 0.6 is 0 Å². The van der Waals surface area contributed by atoms with Crippen molar-refractivity contribution >= 4 is 0 Å². The molecule has 0 saturated carbocycles. The monoisotopic (exact) mass is 397 g/mol. The van der Waals surface area contributed by atoms with E-state index in [4.69, 9.17) is 0 Å². The molecule has 0 unspecified atom stereocenters. The molecule has 0 aromatic carbocycles. The summed E-state index contributed by atoms with van der Waals surface area (Å²) in [6, 6.07) is 3.87. The maximum absolute atomic E-state index is 11.8. The number of piperidine rings is 1. The fraction of sp³-hybridized carbons (Fsp3) is 0.588. The van der Waals surface area contributed by atoms with E-state index < -0.39 is 0 Å². The first-order chi connectivity index (χ1) is 10.1. The molecular weight excluding hydrogens is 375 g/mol. The zero-order valence-electron chi connectivity index (χ0n) is 12.7. The Hall–Kier alpha value is -0.620. The number of nitrogens with one attached hydrogen (secondary N) is 1. The maximum atomic E-state index is 11.8. The van der Waals surface area contributed by atoms with Crippen LogP contribution < -0.4 is 27.0 Å². The summed E-state index contributed by atoms with van der Waals surface area (Å²) in [6.07, 6.45) is 7.34. The molecule has 3 aliphatic rings. The molecule has 4 heteroatoms. The number of hydrogen-bond acceptors (Lipinski definition) is 2. The number of allylic oxidation sites excluding steroid dienone is 1. The van der Waals surface area contributed by atoms with E-state index >= 15 is 0 Å². The molecule has 3 nitrogen and oxygen atoms in total. The van der Waals surface area contributed by atoms with Crippen LogP contribution in [0, 0.1) is 11.8 Å². The second-order valence-corrected chi connectivity index (χ2v) is 8.83. The second kappa shape index (κ2) is 4.95. The third kappa shape index (κ3) is 1.91. The molecule has 2 heterocycles. The van der Waals surface area contributed by atoms with Gasteiger partial charge in [-0.2, -0.15) is 0 Å². The van der Waals surface area contributed by atoms with Crippen molar-refractivity contribution < 1.29 is 21.5 Å². The van der Waals surface area contributed by atoms with Gasteiger partial charge >= 0.3 is 136 Å². The molecule has 0 radical (unpaired) electrons. The number of pyridine rings is 1. The van der Waals surface area contributed by atoms with Crippen LogP contribution in [0.15, 0.2) is 28.6 Å². The molecule has 0 amide bonds. The van der Waals surface area contributed by atoms with Crippen molar-refractivity contribution in [2.45, 2.75) is 38.1 Å². The van der Waals surface area contributed by atoms with Crippen LogP contribution in [0.2, 0.25) is 0 Å². The fourth-order valence-electron chi connectivity index (χ4n) is 5.00. The number of fused-ring (bicyclic) bond motifs is 1. The van der Waals surface area contributed by atoms with E-state index in [1.165, 1.54) is 36.2 Å². The van der Waals surface area contributed by atoms with Crippen molar-refractivity contribution in [1.82, 2.24) is 8.10 Å². The fourth-order valence-corrected chi connectivity index (χ4v) is 7.47. The standard InChI is InChI=1S/C17H22IN2O/c1-11-8-12-9-15-14(5-6-16(21)19-15)17(10-11)13(12)4-3-7-20(17)18-2/h5-6,8,12-13H,3-4,7,9-10H2,1-2H3,(H,19,21)/q-1/t12-,13+,17+/m0/s1. The summed E-state index contributed by atoms with van der Waals surface area (Å²) < 4.78 is 2.79. The van der Waals surface area contributed by atoms with Gasteiger partial charge in [0.2, 0.25) is 0 Å². The Morgan fingerprint density at radius 1 is 1.43 bits per heavy atom. The molecule has 3 atom stereocenters. The zero-order chi connectivity index (χ0) is 14.6. The molecule has 114 valence electrons. The summed E-state index contributed by atoms with van der Waals surface area (Å²) in [5, 5.41) is 0. The predicted octanol–water partition coefficient (Wildman–Crippen LogP) is -0.562. The van der Waals surface area contributed by atoms with Gasteiger partial charge in [-0.15, -0.1) is 0 Å². The molecule has 1 aromatic heterocycles. The van der Waals surface area contributed by atoms with Crippen LogP contribution in [0.5, 0.6) is 0 Å². The molecule has 2 aliphatic carbocycles. The van der Waals surface area contributed by atoms with Gasteiger partial charge in [-0.1, -0.05) is 0 Å². The van der Waals surface area contributed by atoms with E-state index in [-0.39, 0.29) is 32.6 Å². The van der Waals surface area contributed by atoms with Gasteiger partial charge < -0.3 is 0 Å². The van der Waals surface area contributed by atoms with Gasteiger partial charge in [0, 0.05) is 0 Å². The summed E-state index contributed by atoms with van der Waals surface area (Å²) in [6.45, 7) is 3.53. The van der Waals surface area contributed by atoms with Crippen molar-refractivity contribution in [3.8, 4) is 0 Å². The van der Waals surface area contributed by atoms with Gasteiger partial charge in [0.15, 0.2) is 0 Å². The molecular formula is C17H22IN2O-. The van der Waals surface area contributed by atoms with Crippen LogP contribution in [0.1, 0.15) is 37.4 Å². The second-order valence-electron chi connectivity index (χ2n) is 6.70. The number of halogens is 1. The molecule has 0 spiro atoms. The third-order valence-electron chi connectivity index (χ3n) is 5.59. The topological polar surface area (TPSA) is 36.1 Å². The number of aromatic amines is 1. The van der Waals surface area contributed by atoms with E-state index in [1.54, 1.807) is 6.07 Å². The SMILES string of the molecule is C[I-]N1CCC[C@@H]2[C@H]3C=C(C)C[C@]21c1ccc(=O)[nH]c1C3. The van der Waals surface area contributed by atoms with Gasteiger partial charge in [-0.25, -0.2) is 0 Å². The molecule has 4 rings (SSSR count). The summed E-state index contributed by atoms with van der Waals surface area (Å²) in [5.74, 6) is 1.36. The summed E-state index contributed by atoms with van der Waals surface area (Å²) >= 11 is 0.0596. The average molecular weight is 397 g/mol. The third-order valence-corrected chi connectivity index (χ3v) is 8.10. The van der Waals surface area contributed by atoms with Crippen LogP contribution in [0.3, 0.4) is 0 Å². The summed E-state index contributed by atoms with van der Waals surface area (Å²) in [5.41, 5.74) is 4.41. The number of alkyl halides is 1. The Bertz CT molecular complexity index is 665. The van der Waals surface area contributed by atoms with Crippen LogP contribution in [-0.2, 0) is 12.0 Å².